The molecule has 1 saturated carbocycles. The number of hydrogen-bond donors (Lipinski definition) is 2. The molecule has 0 spiro atoms. The van der Waals surface area contributed by atoms with Gasteiger partial charge in [0.15, 0.2) is 0 Å². The lowest BCUT2D eigenvalue weighted by Crippen LogP contribution is -2.40. The van der Waals surface area contributed by atoms with Crippen molar-refractivity contribution in [3.8, 4) is 0 Å². The minimum atomic E-state index is -0.210. The molecule has 3 aromatic rings. The Hall–Kier alpha value is -3.17. The molecule has 2 aromatic heterocycles. The van der Waals surface area contributed by atoms with Crippen molar-refractivity contribution >= 4 is 45.0 Å². The van der Waals surface area contributed by atoms with Crippen molar-refractivity contribution in [2.75, 3.05) is 18.6 Å². The normalized spacial score (nSPS) is 17.8. The number of aliphatic hydroxyl groups excluding tert-OH is 1. The largest absolute Gasteiger partial charge is 0.469 e. The summed E-state index contributed by atoms with van der Waals surface area (Å²) in [7, 11) is 1.40. The molecule has 2 amide bonds. The van der Waals surface area contributed by atoms with E-state index in [4.69, 9.17) is 4.74 Å². The van der Waals surface area contributed by atoms with Gasteiger partial charge in [-0.1, -0.05) is 12.1 Å². The van der Waals surface area contributed by atoms with Crippen molar-refractivity contribution in [1.82, 2.24) is 9.88 Å². The summed E-state index contributed by atoms with van der Waals surface area (Å²) >= 11 is 1.53. The van der Waals surface area contributed by atoms with Crippen LogP contribution in [0.2, 0.25) is 0 Å². The molecule has 1 aliphatic carbocycles. The van der Waals surface area contributed by atoms with Crippen LogP contribution in [-0.2, 0) is 27.5 Å². The molecule has 9 heteroatoms. The first-order valence-electron chi connectivity index (χ1n) is 11.9. The van der Waals surface area contributed by atoms with Gasteiger partial charge in [-0.2, -0.15) is 0 Å². The number of ether oxygens (including phenoxy) is 1. The van der Waals surface area contributed by atoms with Gasteiger partial charge in [-0.3, -0.25) is 14.4 Å². The van der Waals surface area contributed by atoms with Crippen LogP contribution in [0.1, 0.15) is 48.7 Å². The van der Waals surface area contributed by atoms with E-state index in [1.807, 2.05) is 36.6 Å². The van der Waals surface area contributed by atoms with Gasteiger partial charge in [0.2, 0.25) is 5.91 Å². The molecule has 0 saturated heterocycles. The van der Waals surface area contributed by atoms with E-state index in [1.54, 1.807) is 21.6 Å². The monoisotopic (exact) mass is 497 g/mol. The minimum Gasteiger partial charge on any atom is -0.469 e. The highest BCUT2D eigenvalue weighted by Crippen LogP contribution is 2.28. The van der Waals surface area contributed by atoms with Gasteiger partial charge < -0.3 is 24.6 Å². The van der Waals surface area contributed by atoms with Crippen molar-refractivity contribution in [1.29, 1.82) is 0 Å². The summed E-state index contributed by atoms with van der Waals surface area (Å²) in [5, 5.41) is 14.4. The third kappa shape index (κ3) is 5.41. The molecule has 1 fully saturated rings. The summed E-state index contributed by atoms with van der Waals surface area (Å²) in [5.74, 6) is -0.626. The van der Waals surface area contributed by atoms with Gasteiger partial charge >= 0.3 is 5.97 Å². The van der Waals surface area contributed by atoms with E-state index in [2.05, 4.69) is 5.32 Å². The van der Waals surface area contributed by atoms with E-state index < -0.39 is 0 Å². The molecule has 2 N–H and O–H groups in total. The number of rotatable bonds is 8. The van der Waals surface area contributed by atoms with Crippen LogP contribution in [-0.4, -0.2) is 47.2 Å². The second-order valence-corrected chi connectivity index (χ2v) is 9.74. The number of esters is 1. The Morgan fingerprint density at radius 1 is 1.14 bits per heavy atom. The number of aliphatic hydroxyl groups is 1. The standard InChI is InChI=1S/C26H31N3O5S/c1-3-28(20-10-4-17(16-30)5-11-20)24(31)15-29-21-12-13-35-23(21)14-22(29)25(32)27-19-8-6-18(7-9-19)26(33)34-2/h4-5,10-14,18-19,30H,3,6-9,15-16H2,1-2H3,(H,27,32)/t18-,19-. The van der Waals surface area contributed by atoms with E-state index >= 15 is 0 Å². The second-order valence-electron chi connectivity index (χ2n) is 8.79. The lowest BCUT2D eigenvalue weighted by atomic mass is 9.86. The topological polar surface area (TPSA) is 101 Å². The lowest BCUT2D eigenvalue weighted by molar-refractivity contribution is -0.146. The molecule has 0 unspecified atom stereocenters. The van der Waals surface area contributed by atoms with Crippen LogP contribution in [0.25, 0.3) is 10.2 Å². The van der Waals surface area contributed by atoms with Crippen molar-refractivity contribution < 1.29 is 24.2 Å². The molecule has 0 bridgehead atoms. The first-order chi connectivity index (χ1) is 16.9. The number of nitrogens with one attached hydrogen (secondary N) is 1. The lowest BCUT2D eigenvalue weighted by Gasteiger charge is -2.27. The number of carbonyl (C=O) groups excluding carboxylic acids is 3. The van der Waals surface area contributed by atoms with E-state index in [-0.39, 0.29) is 42.9 Å². The quantitative estimate of drug-likeness (QED) is 0.462. The Labute approximate surface area is 208 Å². The van der Waals surface area contributed by atoms with Crippen molar-refractivity contribution in [3.63, 3.8) is 0 Å². The fourth-order valence-electron chi connectivity index (χ4n) is 4.74. The molecule has 1 aliphatic rings. The van der Waals surface area contributed by atoms with Gasteiger partial charge in [0.25, 0.3) is 5.91 Å². The van der Waals surface area contributed by atoms with Crippen LogP contribution >= 0.6 is 11.3 Å². The third-order valence-electron chi connectivity index (χ3n) is 6.69. The van der Waals surface area contributed by atoms with Crippen molar-refractivity contribution in [3.05, 3.63) is 53.0 Å². The van der Waals surface area contributed by atoms with Crippen molar-refractivity contribution in [2.45, 2.75) is 51.8 Å². The first kappa shape index (κ1) is 24.9. The number of nitrogens with zero attached hydrogens (tertiary/aromatic N) is 2. The van der Waals surface area contributed by atoms with Gasteiger partial charge in [-0.15, -0.1) is 11.3 Å². The molecule has 1 aromatic carbocycles. The SMILES string of the molecule is CCN(C(=O)Cn1c(C(=O)N[C@H]2CC[C@H](C(=O)OC)CC2)cc2sccc21)c1ccc(CO)cc1. The summed E-state index contributed by atoms with van der Waals surface area (Å²) < 4.78 is 7.59. The van der Waals surface area contributed by atoms with Crippen LogP contribution in [0, 0.1) is 5.92 Å². The Balaban J connectivity index is 1.50. The highest BCUT2D eigenvalue weighted by atomic mass is 32.1. The zero-order valence-corrected chi connectivity index (χ0v) is 20.8. The second kappa shape index (κ2) is 11.0. The van der Waals surface area contributed by atoms with E-state index in [0.717, 1.165) is 21.5 Å². The smallest absolute Gasteiger partial charge is 0.308 e. The maximum atomic E-state index is 13.3. The summed E-state index contributed by atoms with van der Waals surface area (Å²) in [6, 6.07) is 11.0. The number of aromatic nitrogens is 1. The Bertz CT molecular complexity index is 1190. The number of likely N-dealkylation sites (N-methyl/N-ethyl adjacent to an activating group) is 1. The van der Waals surface area contributed by atoms with Crippen LogP contribution in [0.15, 0.2) is 41.8 Å². The summed E-state index contributed by atoms with van der Waals surface area (Å²) in [5.41, 5.74) is 2.84. The Morgan fingerprint density at radius 3 is 2.49 bits per heavy atom. The maximum absolute atomic E-state index is 13.3. The van der Waals surface area contributed by atoms with Gasteiger partial charge in [0.05, 0.1) is 29.9 Å². The van der Waals surface area contributed by atoms with Gasteiger partial charge in [0, 0.05) is 18.3 Å². The van der Waals surface area contributed by atoms with Gasteiger partial charge in [-0.05, 0) is 67.8 Å². The molecule has 2 heterocycles. The summed E-state index contributed by atoms with van der Waals surface area (Å²) in [4.78, 5) is 40.1. The van der Waals surface area contributed by atoms with Crippen LogP contribution in [0.5, 0.6) is 0 Å². The molecule has 35 heavy (non-hydrogen) atoms. The molecule has 186 valence electrons. The molecular weight excluding hydrogens is 466 g/mol. The van der Waals surface area contributed by atoms with E-state index in [0.29, 0.717) is 37.9 Å². The first-order valence-corrected chi connectivity index (χ1v) is 12.8. The van der Waals surface area contributed by atoms with E-state index in [1.165, 1.54) is 18.4 Å². The number of hydrogen-bond acceptors (Lipinski definition) is 6. The van der Waals surface area contributed by atoms with Gasteiger partial charge in [-0.25, -0.2) is 0 Å². The molecule has 4 rings (SSSR count). The zero-order valence-electron chi connectivity index (χ0n) is 20.0. The summed E-state index contributed by atoms with van der Waals surface area (Å²) in [6.45, 7) is 2.37. The predicted octanol–water partition coefficient (Wildman–Crippen LogP) is 3.71. The van der Waals surface area contributed by atoms with Gasteiger partial charge in [0.1, 0.15) is 12.2 Å². The zero-order chi connectivity index (χ0) is 24.9. The summed E-state index contributed by atoms with van der Waals surface area (Å²) in [6.07, 6.45) is 2.80. The Morgan fingerprint density at radius 2 is 1.86 bits per heavy atom. The number of fused-ring (bicyclic) bond motifs is 1. The number of amides is 2. The number of benzene rings is 1. The number of methoxy groups -OCH3 is 1. The predicted molar refractivity (Wildman–Crippen MR) is 135 cm³/mol. The molecule has 0 radical (unpaired) electrons. The number of thiophene rings is 1. The highest BCUT2D eigenvalue weighted by molar-refractivity contribution is 7.17. The highest BCUT2D eigenvalue weighted by Gasteiger charge is 2.29. The Kier molecular flexibility index (Phi) is 7.87. The average molecular weight is 498 g/mol. The molecule has 8 nitrogen and oxygen atoms in total. The fourth-order valence-corrected chi connectivity index (χ4v) is 5.56. The minimum absolute atomic E-state index is 0.0160. The fraction of sp³-hybridized carbons (Fsp3) is 0.423. The number of anilines is 1. The van der Waals surface area contributed by atoms with Crippen LogP contribution in [0.3, 0.4) is 0 Å². The average Bonchev–Trinajstić information content (AvgIpc) is 3.47. The molecule has 0 aliphatic heterocycles. The molecule has 0 atom stereocenters. The van der Waals surface area contributed by atoms with Crippen LogP contribution < -0.4 is 10.2 Å². The maximum Gasteiger partial charge on any atom is 0.308 e. The van der Waals surface area contributed by atoms with Crippen LogP contribution in [0.4, 0.5) is 5.69 Å². The molecular formula is C26H31N3O5S. The van der Waals surface area contributed by atoms with Crippen molar-refractivity contribution in [2.24, 2.45) is 5.92 Å². The van der Waals surface area contributed by atoms with E-state index in [9.17, 15) is 19.5 Å². The third-order valence-corrected chi connectivity index (χ3v) is 7.55. The number of carbonyl (C=O) groups is 3.